The minimum absolute atomic E-state index is 0. The van der Waals surface area contributed by atoms with Crippen LogP contribution in [0.3, 0.4) is 0 Å². The van der Waals surface area contributed by atoms with E-state index < -0.39 is 10.0 Å². The van der Waals surface area contributed by atoms with Gasteiger partial charge in [0.15, 0.2) is 0 Å². The van der Waals surface area contributed by atoms with Crippen molar-refractivity contribution in [2.75, 3.05) is 24.1 Å². The topological polar surface area (TPSA) is 113 Å². The number of sulfonamides is 1. The molecule has 2 aliphatic rings. The number of nitrogens with zero attached hydrogens (tertiary/aromatic N) is 1. The number of carbonyl (C=O) groups is 1. The maximum atomic E-state index is 12.7. The second-order valence-electron chi connectivity index (χ2n) is 6.48. The SMILES string of the molecule is CS(=O)(=O)Nc1ccc(O)c(C(=O)N2CC3CCC(N)C3C2)c1.Cl. The van der Waals surface area contributed by atoms with Crippen LogP contribution in [0.2, 0.25) is 0 Å². The van der Waals surface area contributed by atoms with Crippen LogP contribution in [0.4, 0.5) is 5.69 Å². The number of hydrogen-bond acceptors (Lipinski definition) is 5. The van der Waals surface area contributed by atoms with Gasteiger partial charge in [0.25, 0.3) is 5.91 Å². The van der Waals surface area contributed by atoms with E-state index in [-0.39, 0.29) is 41.4 Å². The number of amides is 1. The number of likely N-dealkylation sites (tertiary alicyclic amines) is 1. The molecule has 0 aromatic heterocycles. The van der Waals surface area contributed by atoms with Gasteiger partial charge in [-0.3, -0.25) is 9.52 Å². The zero-order valence-electron chi connectivity index (χ0n) is 13.3. The summed E-state index contributed by atoms with van der Waals surface area (Å²) >= 11 is 0. The van der Waals surface area contributed by atoms with Crippen molar-refractivity contribution in [3.63, 3.8) is 0 Å². The lowest BCUT2D eigenvalue weighted by molar-refractivity contribution is 0.0776. The van der Waals surface area contributed by atoms with E-state index in [9.17, 15) is 18.3 Å². The Morgan fingerprint density at radius 3 is 2.67 bits per heavy atom. The lowest BCUT2D eigenvalue weighted by Gasteiger charge is -2.19. The molecule has 1 aromatic carbocycles. The number of hydrogen-bond donors (Lipinski definition) is 3. The van der Waals surface area contributed by atoms with Gasteiger partial charge in [0.2, 0.25) is 10.0 Å². The van der Waals surface area contributed by atoms with Crippen molar-refractivity contribution in [2.45, 2.75) is 18.9 Å². The minimum atomic E-state index is -3.44. The normalized spacial score (nSPS) is 25.9. The molecule has 134 valence electrons. The number of rotatable bonds is 3. The maximum Gasteiger partial charge on any atom is 0.257 e. The third kappa shape index (κ3) is 3.76. The van der Waals surface area contributed by atoms with E-state index in [0.29, 0.717) is 24.9 Å². The summed E-state index contributed by atoms with van der Waals surface area (Å²) in [5, 5.41) is 9.97. The molecule has 1 aliphatic heterocycles. The van der Waals surface area contributed by atoms with Crippen molar-refractivity contribution in [3.8, 4) is 5.75 Å². The number of carbonyl (C=O) groups excluding carboxylic acids is 1. The summed E-state index contributed by atoms with van der Waals surface area (Å²) in [6.45, 7) is 1.23. The van der Waals surface area contributed by atoms with Crippen molar-refractivity contribution in [1.82, 2.24) is 4.90 Å². The van der Waals surface area contributed by atoms with Crippen LogP contribution in [0.15, 0.2) is 18.2 Å². The standard InChI is InChI=1S/C15H21N3O4S.ClH/c1-23(21,22)17-10-3-5-14(19)11(6-10)15(20)18-7-9-2-4-13(16)12(9)8-18;/h3,5-6,9,12-13,17,19H,2,4,7-8,16H2,1H3;1H. The Hall–Kier alpha value is -1.51. The summed E-state index contributed by atoms with van der Waals surface area (Å²) in [6, 6.07) is 4.24. The molecule has 1 heterocycles. The molecular formula is C15H22ClN3O4S. The van der Waals surface area contributed by atoms with Gasteiger partial charge in [0.1, 0.15) is 5.75 Å². The lowest BCUT2D eigenvalue weighted by atomic mass is 9.98. The van der Waals surface area contributed by atoms with Crippen molar-refractivity contribution in [3.05, 3.63) is 23.8 Å². The van der Waals surface area contributed by atoms with E-state index in [1.807, 2.05) is 0 Å². The molecule has 2 fully saturated rings. The number of phenolic OH excluding ortho intramolecular Hbond substituents is 1. The minimum Gasteiger partial charge on any atom is -0.507 e. The second-order valence-corrected chi connectivity index (χ2v) is 8.23. The zero-order valence-corrected chi connectivity index (χ0v) is 14.9. The molecule has 3 rings (SSSR count). The Balaban J connectivity index is 0.00000208. The molecule has 4 N–H and O–H groups in total. The van der Waals surface area contributed by atoms with Gasteiger partial charge in [0, 0.05) is 24.8 Å². The van der Waals surface area contributed by atoms with Crippen LogP contribution in [-0.4, -0.2) is 49.7 Å². The van der Waals surface area contributed by atoms with Crippen LogP contribution in [0.5, 0.6) is 5.75 Å². The quantitative estimate of drug-likeness (QED) is 0.682. The van der Waals surface area contributed by atoms with E-state index in [1.54, 1.807) is 4.90 Å². The molecule has 1 aromatic rings. The van der Waals surface area contributed by atoms with Gasteiger partial charge in [-0.25, -0.2) is 8.42 Å². The fourth-order valence-electron chi connectivity index (χ4n) is 3.63. The van der Waals surface area contributed by atoms with Crippen LogP contribution >= 0.6 is 12.4 Å². The molecule has 1 saturated heterocycles. The van der Waals surface area contributed by atoms with Gasteiger partial charge in [-0.1, -0.05) is 0 Å². The highest BCUT2D eigenvalue weighted by Crippen LogP contribution is 2.38. The van der Waals surface area contributed by atoms with Gasteiger partial charge < -0.3 is 15.7 Å². The van der Waals surface area contributed by atoms with Crippen molar-refractivity contribution in [2.24, 2.45) is 17.6 Å². The molecular weight excluding hydrogens is 354 g/mol. The van der Waals surface area contributed by atoms with E-state index in [1.165, 1.54) is 18.2 Å². The monoisotopic (exact) mass is 375 g/mol. The highest BCUT2D eigenvalue weighted by Gasteiger charge is 2.42. The molecule has 0 spiro atoms. The number of aromatic hydroxyl groups is 1. The fourth-order valence-corrected chi connectivity index (χ4v) is 4.18. The van der Waals surface area contributed by atoms with Gasteiger partial charge in [-0.15, -0.1) is 12.4 Å². The first kappa shape index (κ1) is 18.8. The number of nitrogens with two attached hydrogens (primary N) is 1. The summed E-state index contributed by atoms with van der Waals surface area (Å²) in [7, 11) is -3.44. The van der Waals surface area contributed by atoms with Crippen LogP contribution in [0, 0.1) is 11.8 Å². The zero-order chi connectivity index (χ0) is 16.8. The Labute approximate surface area is 147 Å². The smallest absolute Gasteiger partial charge is 0.257 e. The van der Waals surface area contributed by atoms with Crippen molar-refractivity contribution in [1.29, 1.82) is 0 Å². The van der Waals surface area contributed by atoms with Gasteiger partial charge >= 0.3 is 0 Å². The Morgan fingerprint density at radius 2 is 2.04 bits per heavy atom. The third-order valence-electron chi connectivity index (χ3n) is 4.73. The first-order valence-electron chi connectivity index (χ1n) is 7.60. The summed E-state index contributed by atoms with van der Waals surface area (Å²) < 4.78 is 24.9. The fraction of sp³-hybridized carbons (Fsp3) is 0.533. The average Bonchev–Trinajstić information content (AvgIpc) is 3.01. The summed E-state index contributed by atoms with van der Waals surface area (Å²) in [4.78, 5) is 14.4. The molecule has 24 heavy (non-hydrogen) atoms. The largest absolute Gasteiger partial charge is 0.507 e. The molecule has 1 saturated carbocycles. The Kier molecular flexibility index (Phi) is 5.31. The van der Waals surface area contributed by atoms with Crippen LogP contribution < -0.4 is 10.5 Å². The van der Waals surface area contributed by atoms with Gasteiger partial charge in [-0.2, -0.15) is 0 Å². The van der Waals surface area contributed by atoms with Gasteiger partial charge in [-0.05, 0) is 42.9 Å². The molecule has 1 amide bonds. The molecule has 9 heteroatoms. The number of nitrogens with one attached hydrogen (secondary N) is 1. The van der Waals surface area contributed by atoms with E-state index >= 15 is 0 Å². The number of halogens is 1. The second kappa shape index (κ2) is 6.78. The first-order valence-corrected chi connectivity index (χ1v) is 9.49. The number of anilines is 1. The molecule has 7 nitrogen and oxygen atoms in total. The lowest BCUT2D eigenvalue weighted by Crippen LogP contribution is -2.33. The van der Waals surface area contributed by atoms with Crippen molar-refractivity contribution >= 4 is 34.0 Å². The third-order valence-corrected chi connectivity index (χ3v) is 5.34. The number of benzene rings is 1. The van der Waals surface area contributed by atoms with Crippen LogP contribution in [-0.2, 0) is 10.0 Å². The number of phenols is 1. The molecule has 0 radical (unpaired) electrons. The summed E-state index contributed by atoms with van der Waals surface area (Å²) in [5.74, 6) is 0.295. The maximum absolute atomic E-state index is 12.7. The van der Waals surface area contributed by atoms with Gasteiger partial charge in [0.05, 0.1) is 11.8 Å². The summed E-state index contributed by atoms with van der Waals surface area (Å²) in [5.41, 5.74) is 6.44. The Bertz CT molecular complexity index is 740. The van der Waals surface area contributed by atoms with E-state index in [2.05, 4.69) is 4.72 Å². The predicted octanol–water partition coefficient (Wildman–Crippen LogP) is 0.995. The highest BCUT2D eigenvalue weighted by atomic mass is 35.5. The molecule has 0 bridgehead atoms. The van der Waals surface area contributed by atoms with E-state index in [0.717, 1.165) is 19.1 Å². The van der Waals surface area contributed by atoms with Crippen LogP contribution in [0.25, 0.3) is 0 Å². The predicted molar refractivity (Wildman–Crippen MR) is 93.9 cm³/mol. The number of fused-ring (bicyclic) bond motifs is 1. The molecule has 3 unspecified atom stereocenters. The first-order chi connectivity index (χ1) is 10.7. The molecule has 3 atom stereocenters. The highest BCUT2D eigenvalue weighted by molar-refractivity contribution is 7.92. The summed E-state index contributed by atoms with van der Waals surface area (Å²) in [6.07, 6.45) is 3.05. The van der Waals surface area contributed by atoms with E-state index in [4.69, 9.17) is 5.73 Å². The van der Waals surface area contributed by atoms with Crippen molar-refractivity contribution < 1.29 is 18.3 Å². The average molecular weight is 376 g/mol. The Morgan fingerprint density at radius 1 is 1.33 bits per heavy atom. The molecule has 1 aliphatic carbocycles. The van der Waals surface area contributed by atoms with Crippen LogP contribution in [0.1, 0.15) is 23.2 Å².